The number of hydrogen-bond acceptors (Lipinski definition) is 9. The Bertz CT molecular complexity index is 953. The zero-order chi connectivity index (χ0) is 16.4. The third-order valence-corrected chi connectivity index (χ3v) is 3.91. The Morgan fingerprint density at radius 1 is 1.00 bits per heavy atom. The number of benzene rings is 1. The summed E-state index contributed by atoms with van der Waals surface area (Å²) in [6.07, 6.45) is 2.21. The van der Waals surface area contributed by atoms with Crippen LogP contribution >= 0.6 is 11.3 Å². The average molecular weight is 337 g/mol. The smallest absolute Gasteiger partial charge is 0.287 e. The van der Waals surface area contributed by atoms with Gasteiger partial charge in [-0.1, -0.05) is 35.5 Å². The minimum absolute atomic E-state index is 0.117. The van der Waals surface area contributed by atoms with Gasteiger partial charge in [0.25, 0.3) is 5.89 Å². The van der Waals surface area contributed by atoms with Crippen molar-refractivity contribution in [3.05, 3.63) is 53.3 Å². The van der Waals surface area contributed by atoms with Crippen LogP contribution in [0.15, 0.2) is 46.4 Å². The molecule has 0 saturated carbocycles. The van der Waals surface area contributed by atoms with Gasteiger partial charge in [-0.2, -0.15) is 15.0 Å². The summed E-state index contributed by atoms with van der Waals surface area (Å²) in [5.74, 6) is 1.52. The molecule has 0 saturated heterocycles. The van der Waals surface area contributed by atoms with Crippen molar-refractivity contribution >= 4 is 17.3 Å². The number of rotatable bonds is 4. The number of nitrogens with zero attached hydrogens (tertiary/aromatic N) is 6. The van der Waals surface area contributed by atoms with Crippen LogP contribution in [0.1, 0.15) is 11.4 Å². The highest BCUT2D eigenvalue weighted by atomic mass is 32.1. The highest BCUT2D eigenvalue weighted by Crippen LogP contribution is 2.22. The van der Waals surface area contributed by atoms with Crippen molar-refractivity contribution in [3.63, 3.8) is 0 Å². The van der Waals surface area contributed by atoms with E-state index in [0.717, 1.165) is 5.56 Å². The molecule has 8 nitrogen and oxygen atoms in total. The van der Waals surface area contributed by atoms with Crippen LogP contribution in [0.25, 0.3) is 22.5 Å². The normalized spacial score (nSPS) is 10.8. The summed E-state index contributed by atoms with van der Waals surface area (Å²) in [6.45, 7) is 0. The van der Waals surface area contributed by atoms with Crippen LogP contribution in [-0.2, 0) is 6.42 Å². The Kier molecular flexibility index (Phi) is 3.67. The Labute approximate surface area is 140 Å². The van der Waals surface area contributed by atoms with Crippen molar-refractivity contribution in [2.45, 2.75) is 6.42 Å². The van der Waals surface area contributed by atoms with E-state index in [9.17, 15) is 0 Å². The maximum atomic E-state index is 5.79. The second-order valence-electron chi connectivity index (χ2n) is 4.86. The standard InChI is InChI=1S/C15H11N7OS/c16-15-19-10(8-9-4-2-1-3-5-9)18-11(21-15)12-20-13(23-22-12)14-17-6-7-24-14/h1-7H,8H2,(H2,16,18,19,21). The highest BCUT2D eigenvalue weighted by Gasteiger charge is 2.16. The van der Waals surface area contributed by atoms with E-state index in [-0.39, 0.29) is 17.6 Å². The van der Waals surface area contributed by atoms with Crippen LogP contribution in [0, 0.1) is 0 Å². The summed E-state index contributed by atoms with van der Waals surface area (Å²) >= 11 is 1.41. The highest BCUT2D eigenvalue weighted by molar-refractivity contribution is 7.12. The van der Waals surface area contributed by atoms with E-state index >= 15 is 0 Å². The van der Waals surface area contributed by atoms with E-state index in [2.05, 4.69) is 30.1 Å². The fraction of sp³-hybridized carbons (Fsp3) is 0.0667. The maximum Gasteiger partial charge on any atom is 0.287 e. The lowest BCUT2D eigenvalue weighted by Crippen LogP contribution is -2.06. The molecule has 4 rings (SSSR count). The molecule has 0 aliphatic rings. The molecule has 9 heteroatoms. The van der Waals surface area contributed by atoms with Gasteiger partial charge >= 0.3 is 0 Å². The van der Waals surface area contributed by atoms with Gasteiger partial charge in [0.1, 0.15) is 5.82 Å². The molecule has 0 bridgehead atoms. The number of hydrogen-bond donors (Lipinski definition) is 1. The molecule has 0 unspecified atom stereocenters. The van der Waals surface area contributed by atoms with Crippen LogP contribution in [0.4, 0.5) is 5.95 Å². The lowest BCUT2D eigenvalue weighted by molar-refractivity contribution is 0.431. The second kappa shape index (κ2) is 6.13. The molecule has 0 spiro atoms. The number of nitrogens with two attached hydrogens (primary N) is 1. The minimum atomic E-state index is 0.117. The van der Waals surface area contributed by atoms with Crippen molar-refractivity contribution in [3.8, 4) is 22.5 Å². The fourth-order valence-corrected chi connectivity index (χ4v) is 2.68. The quantitative estimate of drug-likeness (QED) is 0.602. The van der Waals surface area contributed by atoms with Gasteiger partial charge in [0, 0.05) is 18.0 Å². The molecule has 0 fully saturated rings. The van der Waals surface area contributed by atoms with Gasteiger partial charge in [-0.05, 0) is 5.56 Å². The van der Waals surface area contributed by atoms with Gasteiger partial charge in [-0.15, -0.1) is 11.3 Å². The lowest BCUT2D eigenvalue weighted by atomic mass is 10.1. The predicted molar refractivity (Wildman–Crippen MR) is 87.9 cm³/mol. The van der Waals surface area contributed by atoms with Crippen LogP contribution in [0.2, 0.25) is 0 Å². The van der Waals surface area contributed by atoms with Crippen LogP contribution < -0.4 is 5.73 Å². The van der Waals surface area contributed by atoms with E-state index in [1.807, 2.05) is 35.7 Å². The van der Waals surface area contributed by atoms with Gasteiger partial charge in [-0.25, -0.2) is 9.97 Å². The SMILES string of the molecule is Nc1nc(Cc2ccccc2)nc(-c2noc(-c3nccs3)n2)n1. The molecular formula is C15H11N7OS. The third kappa shape index (κ3) is 2.97. The third-order valence-electron chi connectivity index (χ3n) is 3.15. The van der Waals surface area contributed by atoms with E-state index < -0.39 is 0 Å². The first-order chi connectivity index (χ1) is 11.8. The van der Waals surface area contributed by atoms with Gasteiger partial charge < -0.3 is 10.3 Å². The van der Waals surface area contributed by atoms with Crippen molar-refractivity contribution in [1.29, 1.82) is 0 Å². The minimum Gasteiger partial charge on any atom is -0.368 e. The molecule has 0 aliphatic carbocycles. The summed E-state index contributed by atoms with van der Waals surface area (Å²) in [5, 5.41) is 6.37. The van der Waals surface area contributed by atoms with Crippen LogP contribution in [0.5, 0.6) is 0 Å². The summed E-state index contributed by atoms with van der Waals surface area (Å²) < 4.78 is 5.21. The van der Waals surface area contributed by atoms with Crippen LogP contribution in [0.3, 0.4) is 0 Å². The Morgan fingerprint density at radius 3 is 2.67 bits per heavy atom. The van der Waals surface area contributed by atoms with Crippen molar-refractivity contribution < 1.29 is 4.52 Å². The molecular weight excluding hydrogens is 326 g/mol. The van der Waals surface area contributed by atoms with E-state index in [1.165, 1.54) is 11.3 Å². The van der Waals surface area contributed by atoms with Crippen molar-refractivity contribution in [1.82, 2.24) is 30.1 Å². The van der Waals surface area contributed by atoms with Crippen molar-refractivity contribution in [2.75, 3.05) is 5.73 Å². The summed E-state index contributed by atoms with van der Waals surface area (Å²) in [5.41, 5.74) is 6.87. The van der Waals surface area contributed by atoms with Gasteiger partial charge in [-0.3, -0.25) is 0 Å². The Morgan fingerprint density at radius 2 is 1.88 bits per heavy atom. The monoisotopic (exact) mass is 337 g/mol. The topological polar surface area (TPSA) is 116 Å². The van der Waals surface area contributed by atoms with Gasteiger partial charge in [0.15, 0.2) is 5.01 Å². The number of anilines is 1. The first-order valence-electron chi connectivity index (χ1n) is 7.06. The molecule has 4 aromatic rings. The largest absolute Gasteiger partial charge is 0.368 e. The van der Waals surface area contributed by atoms with Crippen LogP contribution in [-0.4, -0.2) is 30.1 Å². The summed E-state index contributed by atoms with van der Waals surface area (Å²) in [4.78, 5) is 21.1. The molecule has 3 aromatic heterocycles. The molecule has 0 amide bonds. The van der Waals surface area contributed by atoms with E-state index in [1.54, 1.807) is 6.20 Å². The predicted octanol–water partition coefficient (Wildman–Crippen LogP) is 2.22. The maximum absolute atomic E-state index is 5.79. The first-order valence-corrected chi connectivity index (χ1v) is 7.94. The molecule has 24 heavy (non-hydrogen) atoms. The Hall–Kier alpha value is -3.20. The van der Waals surface area contributed by atoms with E-state index in [4.69, 9.17) is 10.3 Å². The van der Waals surface area contributed by atoms with Gasteiger partial charge in [0.05, 0.1) is 0 Å². The molecule has 0 aliphatic heterocycles. The fourth-order valence-electron chi connectivity index (χ4n) is 2.13. The number of nitrogen functional groups attached to an aromatic ring is 1. The zero-order valence-corrected chi connectivity index (χ0v) is 13.1. The van der Waals surface area contributed by atoms with Gasteiger partial charge in [0.2, 0.25) is 17.6 Å². The summed E-state index contributed by atoms with van der Waals surface area (Å²) in [7, 11) is 0. The number of thiazole rings is 1. The molecule has 1 aromatic carbocycles. The molecule has 2 N–H and O–H groups in total. The molecule has 118 valence electrons. The number of aromatic nitrogens is 6. The molecule has 0 atom stereocenters. The molecule has 3 heterocycles. The van der Waals surface area contributed by atoms with E-state index in [0.29, 0.717) is 23.1 Å². The lowest BCUT2D eigenvalue weighted by Gasteiger charge is -2.02. The summed E-state index contributed by atoms with van der Waals surface area (Å²) in [6, 6.07) is 9.86. The zero-order valence-electron chi connectivity index (χ0n) is 12.3. The first kappa shape index (κ1) is 14.4. The molecule has 0 radical (unpaired) electrons. The Balaban J connectivity index is 1.66. The van der Waals surface area contributed by atoms with Crippen molar-refractivity contribution in [2.24, 2.45) is 0 Å². The second-order valence-corrected chi connectivity index (χ2v) is 5.75. The average Bonchev–Trinajstić information content (AvgIpc) is 3.27.